The third-order valence-electron chi connectivity index (χ3n) is 1.46. The highest BCUT2D eigenvalue weighted by atomic mass is 19.4. The molecule has 150 valence electrons. The first-order chi connectivity index (χ1) is 10.2. The van der Waals surface area contributed by atoms with Crippen LogP contribution in [-0.4, -0.2) is 58.8 Å². The van der Waals surface area contributed by atoms with Gasteiger partial charge in [0, 0.05) is 6.61 Å². The number of halogens is 12. The molecule has 0 fully saturated rings. The standard InChI is InChI=1S/2C3H2F6O.C3H8O/c2*4-2(5,6)1(10)3(7,8)9;1-2-3-4/h2*1,10H;4H,2-3H2,1H3. The summed E-state index contributed by atoms with van der Waals surface area (Å²) in [6.45, 7) is 2.25. The lowest BCUT2D eigenvalue weighted by Gasteiger charge is -2.16. The molecule has 3 nitrogen and oxygen atoms in total. The third kappa shape index (κ3) is 14.6. The lowest BCUT2D eigenvalue weighted by Crippen LogP contribution is -2.41. The summed E-state index contributed by atoms with van der Waals surface area (Å²) >= 11 is 0. The summed E-state index contributed by atoms with van der Waals surface area (Å²) in [5.74, 6) is 0. The molecule has 0 rings (SSSR count). The molecular formula is C9H12F12O3. The molecule has 0 aromatic heterocycles. The molecule has 0 atom stereocenters. The Kier molecular flexibility index (Phi) is 11.8. The van der Waals surface area contributed by atoms with Gasteiger partial charge in [-0.2, -0.15) is 52.7 Å². The van der Waals surface area contributed by atoms with Gasteiger partial charge < -0.3 is 15.3 Å². The molecule has 0 radical (unpaired) electrons. The molecule has 3 N–H and O–H groups in total. The van der Waals surface area contributed by atoms with E-state index in [-0.39, 0.29) is 0 Å². The van der Waals surface area contributed by atoms with Gasteiger partial charge in [-0.3, -0.25) is 0 Å². The molecule has 0 aromatic carbocycles. The van der Waals surface area contributed by atoms with Gasteiger partial charge in [-0.25, -0.2) is 0 Å². The van der Waals surface area contributed by atoms with Crippen LogP contribution in [0.4, 0.5) is 52.7 Å². The van der Waals surface area contributed by atoms with Crippen molar-refractivity contribution in [2.24, 2.45) is 0 Å². The maximum absolute atomic E-state index is 11.0. The van der Waals surface area contributed by atoms with Crippen LogP contribution in [0.5, 0.6) is 0 Å². The maximum Gasteiger partial charge on any atom is 0.423 e. The summed E-state index contributed by atoms with van der Waals surface area (Å²) in [7, 11) is 0. The lowest BCUT2D eigenvalue weighted by atomic mass is 10.3. The Bertz CT molecular complexity index is 256. The predicted octanol–water partition coefficient (Wildman–Crippen LogP) is 3.33. The van der Waals surface area contributed by atoms with E-state index in [0.717, 1.165) is 6.42 Å². The molecule has 0 aromatic rings. The fourth-order valence-corrected chi connectivity index (χ4v) is 0.371. The van der Waals surface area contributed by atoms with E-state index >= 15 is 0 Å². The van der Waals surface area contributed by atoms with Gasteiger partial charge in [-0.05, 0) is 6.42 Å². The third-order valence-corrected chi connectivity index (χ3v) is 1.46. The summed E-state index contributed by atoms with van der Waals surface area (Å²) in [5.41, 5.74) is 0. The van der Waals surface area contributed by atoms with Crippen LogP contribution < -0.4 is 0 Å². The topological polar surface area (TPSA) is 60.7 Å². The number of rotatable bonds is 1. The van der Waals surface area contributed by atoms with Crippen molar-refractivity contribution in [2.75, 3.05) is 6.61 Å². The van der Waals surface area contributed by atoms with Gasteiger partial charge in [0.15, 0.2) is 0 Å². The molecule has 0 spiro atoms. The van der Waals surface area contributed by atoms with E-state index in [1.807, 2.05) is 6.92 Å². The Hall–Kier alpha value is -0.960. The van der Waals surface area contributed by atoms with Crippen LogP contribution in [-0.2, 0) is 0 Å². The van der Waals surface area contributed by atoms with E-state index in [9.17, 15) is 52.7 Å². The predicted molar refractivity (Wildman–Crippen MR) is 53.6 cm³/mol. The van der Waals surface area contributed by atoms with E-state index in [1.165, 1.54) is 0 Å². The Morgan fingerprint density at radius 2 is 0.708 bits per heavy atom. The highest BCUT2D eigenvalue weighted by Crippen LogP contribution is 2.33. The van der Waals surface area contributed by atoms with Crippen molar-refractivity contribution < 1.29 is 68.0 Å². The second-order valence-electron chi connectivity index (χ2n) is 3.70. The second kappa shape index (κ2) is 10.1. The van der Waals surface area contributed by atoms with Crippen molar-refractivity contribution in [3.63, 3.8) is 0 Å². The molecule has 0 aliphatic heterocycles. The van der Waals surface area contributed by atoms with Crippen LogP contribution in [0.25, 0.3) is 0 Å². The van der Waals surface area contributed by atoms with Gasteiger partial charge in [-0.15, -0.1) is 0 Å². The van der Waals surface area contributed by atoms with Crippen LogP contribution >= 0.6 is 0 Å². The molecular weight excluding hydrogens is 384 g/mol. The van der Waals surface area contributed by atoms with Gasteiger partial charge in [0.1, 0.15) is 0 Å². The highest BCUT2D eigenvalue weighted by Gasteiger charge is 2.56. The van der Waals surface area contributed by atoms with Gasteiger partial charge in [0.05, 0.1) is 0 Å². The average Bonchev–Trinajstić information content (AvgIpc) is 2.33. The van der Waals surface area contributed by atoms with Crippen LogP contribution in [0.2, 0.25) is 0 Å². The Morgan fingerprint density at radius 3 is 0.708 bits per heavy atom. The molecule has 0 heterocycles. The number of aliphatic hydroxyl groups is 3. The minimum Gasteiger partial charge on any atom is -0.396 e. The Balaban J connectivity index is -0.000000301. The molecule has 15 heteroatoms. The van der Waals surface area contributed by atoms with Gasteiger partial charge >= 0.3 is 24.7 Å². The van der Waals surface area contributed by atoms with Crippen LogP contribution in [0.3, 0.4) is 0 Å². The zero-order valence-corrected chi connectivity index (χ0v) is 11.4. The van der Waals surface area contributed by atoms with Crippen LogP contribution in [0.15, 0.2) is 0 Å². The minimum absolute atomic E-state index is 0.319. The van der Waals surface area contributed by atoms with E-state index < -0.39 is 36.9 Å². The molecule has 0 bridgehead atoms. The second-order valence-corrected chi connectivity index (χ2v) is 3.70. The lowest BCUT2D eigenvalue weighted by molar-refractivity contribution is -0.309. The molecule has 0 unspecified atom stereocenters. The highest BCUT2D eigenvalue weighted by molar-refractivity contribution is 4.73. The SMILES string of the molecule is CCCO.OC(C(F)(F)F)C(F)(F)F.OC(C(F)(F)F)C(F)(F)F. The van der Waals surface area contributed by atoms with Crippen LogP contribution in [0.1, 0.15) is 13.3 Å². The molecule has 0 aliphatic rings. The largest absolute Gasteiger partial charge is 0.423 e. The molecule has 0 saturated carbocycles. The first kappa shape index (κ1) is 27.9. The van der Waals surface area contributed by atoms with Gasteiger partial charge in [-0.1, -0.05) is 6.92 Å². The van der Waals surface area contributed by atoms with Crippen molar-refractivity contribution >= 4 is 0 Å². The summed E-state index contributed by atoms with van der Waals surface area (Å²) < 4.78 is 132. The van der Waals surface area contributed by atoms with Gasteiger partial charge in [0.25, 0.3) is 0 Å². The normalized spacial score (nSPS) is 13.2. The quantitative estimate of drug-likeness (QED) is 0.596. The summed E-state index contributed by atoms with van der Waals surface area (Å²) in [4.78, 5) is 0. The van der Waals surface area contributed by atoms with E-state index in [1.54, 1.807) is 0 Å². The zero-order chi connectivity index (χ0) is 20.6. The summed E-state index contributed by atoms with van der Waals surface area (Å²) in [6, 6.07) is 0. The molecule has 0 amide bonds. The Morgan fingerprint density at radius 1 is 0.583 bits per heavy atom. The van der Waals surface area contributed by atoms with Crippen molar-refractivity contribution in [3.05, 3.63) is 0 Å². The molecule has 24 heavy (non-hydrogen) atoms. The van der Waals surface area contributed by atoms with Crippen molar-refractivity contribution in [1.29, 1.82) is 0 Å². The molecule has 0 aliphatic carbocycles. The Labute approximate surface area is 126 Å². The van der Waals surface area contributed by atoms with E-state index in [4.69, 9.17) is 15.3 Å². The van der Waals surface area contributed by atoms with E-state index in [0.29, 0.717) is 6.61 Å². The van der Waals surface area contributed by atoms with Crippen molar-refractivity contribution in [2.45, 2.75) is 50.3 Å². The first-order valence-electron chi connectivity index (χ1n) is 5.46. The summed E-state index contributed by atoms with van der Waals surface area (Å²) in [6.07, 6.45) is -30.1. The molecule has 0 saturated heterocycles. The number of hydrogen-bond donors (Lipinski definition) is 3. The minimum atomic E-state index is -5.63. The number of hydrogen-bond acceptors (Lipinski definition) is 3. The monoisotopic (exact) mass is 396 g/mol. The number of aliphatic hydroxyl groups excluding tert-OH is 3. The first-order valence-corrected chi connectivity index (χ1v) is 5.46. The van der Waals surface area contributed by atoms with Crippen molar-refractivity contribution in [1.82, 2.24) is 0 Å². The van der Waals surface area contributed by atoms with E-state index in [2.05, 4.69) is 0 Å². The van der Waals surface area contributed by atoms with Gasteiger partial charge in [0.2, 0.25) is 12.2 Å². The fourth-order valence-electron chi connectivity index (χ4n) is 0.371. The zero-order valence-electron chi connectivity index (χ0n) is 11.4. The fraction of sp³-hybridized carbons (Fsp3) is 1.00. The summed E-state index contributed by atoms with van der Waals surface area (Å²) in [5, 5.41) is 22.8. The van der Waals surface area contributed by atoms with Crippen LogP contribution in [0, 0.1) is 0 Å². The number of alkyl halides is 12. The smallest absolute Gasteiger partial charge is 0.396 e. The average molecular weight is 396 g/mol. The van der Waals surface area contributed by atoms with Crippen molar-refractivity contribution in [3.8, 4) is 0 Å². The maximum atomic E-state index is 11.0.